The zero-order chi connectivity index (χ0) is 10.6. The molecule has 0 radical (unpaired) electrons. The van der Waals surface area contributed by atoms with E-state index in [1.807, 2.05) is 37.3 Å². The third-order valence-corrected chi connectivity index (χ3v) is 1.99. The normalized spacial score (nSPS) is 11.5. The Kier molecular flexibility index (Phi) is 3.24. The van der Waals surface area contributed by atoms with Gasteiger partial charge >= 0.3 is 0 Å². The number of hydrogen-bond donors (Lipinski definition) is 1. The van der Waals surface area contributed by atoms with Crippen LogP contribution in [0.5, 0.6) is 0 Å². The van der Waals surface area contributed by atoms with Crippen molar-refractivity contribution in [2.45, 2.75) is 13.8 Å². The first kappa shape index (κ1) is 10.3. The van der Waals surface area contributed by atoms with Gasteiger partial charge in [0.05, 0.1) is 6.07 Å². The maximum Gasteiger partial charge on any atom is 0.241 e. The van der Waals surface area contributed by atoms with Gasteiger partial charge in [-0.15, -0.1) is 0 Å². The van der Waals surface area contributed by atoms with Crippen LogP contribution in [0.15, 0.2) is 24.3 Å². The number of aryl methyl sites for hydroxylation is 1. The number of carbonyl (C=O) groups is 1. The molecule has 1 unspecified atom stereocenters. The summed E-state index contributed by atoms with van der Waals surface area (Å²) < 4.78 is 0. The molecule has 3 heteroatoms. The lowest BCUT2D eigenvalue weighted by Crippen LogP contribution is -2.19. The molecule has 1 aromatic rings. The van der Waals surface area contributed by atoms with Gasteiger partial charge in [-0.05, 0) is 25.5 Å². The molecule has 1 aromatic carbocycles. The Morgan fingerprint density at radius 1 is 1.50 bits per heavy atom. The number of para-hydroxylation sites is 1. The van der Waals surface area contributed by atoms with Crippen molar-refractivity contribution >= 4 is 11.6 Å². The molecule has 0 aliphatic carbocycles. The van der Waals surface area contributed by atoms with Gasteiger partial charge in [0.2, 0.25) is 5.91 Å². The zero-order valence-corrected chi connectivity index (χ0v) is 8.24. The number of carbonyl (C=O) groups excluding carboxylic acids is 1. The average Bonchev–Trinajstić information content (AvgIpc) is 2.20. The standard InChI is InChI=1S/C11H12N2O/c1-8-5-3-4-6-10(8)13-11(14)9(2)7-12/h3-6,9H,1-2H3,(H,13,14). The monoisotopic (exact) mass is 188 g/mol. The molecule has 1 N–H and O–H groups in total. The van der Waals surface area contributed by atoms with Crippen molar-refractivity contribution in [1.82, 2.24) is 0 Å². The summed E-state index contributed by atoms with van der Waals surface area (Å²) in [7, 11) is 0. The van der Waals surface area contributed by atoms with E-state index in [4.69, 9.17) is 5.26 Å². The lowest BCUT2D eigenvalue weighted by Gasteiger charge is -2.08. The van der Waals surface area contributed by atoms with E-state index in [0.29, 0.717) is 0 Å². The summed E-state index contributed by atoms with van der Waals surface area (Å²) in [6.07, 6.45) is 0. The van der Waals surface area contributed by atoms with Crippen LogP contribution < -0.4 is 5.32 Å². The van der Waals surface area contributed by atoms with Crippen molar-refractivity contribution in [2.24, 2.45) is 5.92 Å². The maximum atomic E-state index is 11.4. The summed E-state index contributed by atoms with van der Waals surface area (Å²) in [5.41, 5.74) is 1.76. The van der Waals surface area contributed by atoms with Crippen LogP contribution in [-0.4, -0.2) is 5.91 Å². The van der Waals surface area contributed by atoms with Crippen LogP contribution in [0, 0.1) is 24.2 Å². The van der Waals surface area contributed by atoms with Gasteiger partial charge in [0, 0.05) is 5.69 Å². The molecule has 1 amide bonds. The minimum absolute atomic E-state index is 0.262. The number of nitriles is 1. The summed E-state index contributed by atoms with van der Waals surface area (Å²) in [6, 6.07) is 9.37. The van der Waals surface area contributed by atoms with E-state index >= 15 is 0 Å². The third kappa shape index (κ3) is 2.33. The first-order valence-electron chi connectivity index (χ1n) is 4.41. The molecule has 3 nitrogen and oxygen atoms in total. The summed E-state index contributed by atoms with van der Waals surface area (Å²) in [5.74, 6) is -0.878. The van der Waals surface area contributed by atoms with E-state index in [1.165, 1.54) is 0 Å². The largest absolute Gasteiger partial charge is 0.325 e. The molecule has 0 heterocycles. The van der Waals surface area contributed by atoms with Crippen LogP contribution in [-0.2, 0) is 4.79 Å². The second-order valence-electron chi connectivity index (χ2n) is 3.15. The highest BCUT2D eigenvalue weighted by atomic mass is 16.1. The summed E-state index contributed by atoms with van der Waals surface area (Å²) in [4.78, 5) is 11.4. The van der Waals surface area contributed by atoms with Gasteiger partial charge in [-0.3, -0.25) is 4.79 Å². The molecule has 0 saturated carbocycles. The molecule has 14 heavy (non-hydrogen) atoms. The molecule has 0 aliphatic heterocycles. The van der Waals surface area contributed by atoms with Crippen molar-refractivity contribution in [3.63, 3.8) is 0 Å². The van der Waals surface area contributed by atoms with Gasteiger partial charge in [-0.1, -0.05) is 18.2 Å². The molecule has 0 aliphatic rings. The Bertz CT molecular complexity index is 379. The topological polar surface area (TPSA) is 52.9 Å². The van der Waals surface area contributed by atoms with E-state index < -0.39 is 5.92 Å². The first-order valence-corrected chi connectivity index (χ1v) is 4.41. The SMILES string of the molecule is Cc1ccccc1NC(=O)C(C)C#N. The molecule has 0 fully saturated rings. The highest BCUT2D eigenvalue weighted by Gasteiger charge is 2.11. The fourth-order valence-corrected chi connectivity index (χ4v) is 1.01. The molecular formula is C11H12N2O. The molecule has 0 aromatic heterocycles. The molecule has 72 valence electrons. The summed E-state index contributed by atoms with van der Waals surface area (Å²) in [5, 5.41) is 11.2. The van der Waals surface area contributed by atoms with E-state index in [9.17, 15) is 4.79 Å². The van der Waals surface area contributed by atoms with Crippen LogP contribution in [0.2, 0.25) is 0 Å². The van der Waals surface area contributed by atoms with E-state index in [2.05, 4.69) is 5.32 Å². The van der Waals surface area contributed by atoms with Gasteiger partial charge in [0.15, 0.2) is 0 Å². The third-order valence-electron chi connectivity index (χ3n) is 1.99. The number of benzene rings is 1. The lowest BCUT2D eigenvalue weighted by atomic mass is 10.1. The minimum atomic E-state index is -0.616. The van der Waals surface area contributed by atoms with Crippen molar-refractivity contribution in [2.75, 3.05) is 5.32 Å². The van der Waals surface area contributed by atoms with Crippen molar-refractivity contribution in [1.29, 1.82) is 5.26 Å². The second kappa shape index (κ2) is 4.43. The number of rotatable bonds is 2. The van der Waals surface area contributed by atoms with E-state index in [-0.39, 0.29) is 5.91 Å². The van der Waals surface area contributed by atoms with Crippen molar-refractivity contribution < 1.29 is 4.79 Å². The van der Waals surface area contributed by atoms with Crippen molar-refractivity contribution in [3.8, 4) is 6.07 Å². The summed E-state index contributed by atoms with van der Waals surface area (Å²) >= 11 is 0. The van der Waals surface area contributed by atoms with Gasteiger partial charge < -0.3 is 5.32 Å². The Morgan fingerprint density at radius 2 is 2.14 bits per heavy atom. The van der Waals surface area contributed by atoms with E-state index in [1.54, 1.807) is 6.92 Å². The van der Waals surface area contributed by atoms with Gasteiger partial charge in [0.25, 0.3) is 0 Å². The number of anilines is 1. The van der Waals surface area contributed by atoms with Crippen molar-refractivity contribution in [3.05, 3.63) is 29.8 Å². The Labute approximate surface area is 83.4 Å². The second-order valence-corrected chi connectivity index (χ2v) is 3.15. The van der Waals surface area contributed by atoms with Crippen LogP contribution in [0.1, 0.15) is 12.5 Å². The molecule has 0 spiro atoms. The fraction of sp³-hybridized carbons (Fsp3) is 0.273. The Morgan fingerprint density at radius 3 is 2.71 bits per heavy atom. The number of hydrogen-bond acceptors (Lipinski definition) is 2. The zero-order valence-electron chi connectivity index (χ0n) is 8.24. The predicted octanol–water partition coefficient (Wildman–Crippen LogP) is 2.09. The molecular weight excluding hydrogens is 176 g/mol. The van der Waals surface area contributed by atoms with Gasteiger partial charge in [0.1, 0.15) is 5.92 Å². The number of amides is 1. The maximum absolute atomic E-state index is 11.4. The summed E-state index contributed by atoms with van der Waals surface area (Å²) in [6.45, 7) is 3.49. The predicted molar refractivity (Wildman–Crippen MR) is 54.6 cm³/mol. The van der Waals surface area contributed by atoms with Gasteiger partial charge in [-0.25, -0.2) is 0 Å². The Balaban J connectivity index is 2.76. The fourth-order valence-electron chi connectivity index (χ4n) is 1.01. The lowest BCUT2D eigenvalue weighted by molar-refractivity contribution is -0.117. The van der Waals surface area contributed by atoms with Crippen LogP contribution in [0.25, 0.3) is 0 Å². The van der Waals surface area contributed by atoms with Crippen LogP contribution >= 0.6 is 0 Å². The molecule has 1 rings (SSSR count). The minimum Gasteiger partial charge on any atom is -0.325 e. The highest BCUT2D eigenvalue weighted by Crippen LogP contribution is 2.13. The van der Waals surface area contributed by atoms with Crippen LogP contribution in [0.4, 0.5) is 5.69 Å². The molecule has 1 atom stereocenters. The smallest absolute Gasteiger partial charge is 0.241 e. The molecule has 0 saturated heterocycles. The first-order chi connectivity index (χ1) is 6.65. The number of nitrogens with one attached hydrogen (secondary N) is 1. The highest BCUT2D eigenvalue weighted by molar-refractivity contribution is 5.94. The molecule has 0 bridgehead atoms. The van der Waals surface area contributed by atoms with E-state index in [0.717, 1.165) is 11.3 Å². The Hall–Kier alpha value is -1.82. The van der Waals surface area contributed by atoms with Gasteiger partial charge in [-0.2, -0.15) is 5.26 Å². The quantitative estimate of drug-likeness (QED) is 0.772. The average molecular weight is 188 g/mol. The van der Waals surface area contributed by atoms with Crippen LogP contribution in [0.3, 0.4) is 0 Å². The number of nitrogens with zero attached hydrogens (tertiary/aromatic N) is 1.